The first-order chi connectivity index (χ1) is 14.3. The number of phenolic OH excluding ortho intramolecular Hbond substituents is 1. The number of aryl methyl sites for hydroxylation is 2. The van der Waals surface area contributed by atoms with Crippen LogP contribution in [0.25, 0.3) is 0 Å². The van der Waals surface area contributed by atoms with Crippen molar-refractivity contribution >= 4 is 11.8 Å². The first kappa shape index (κ1) is 23.2. The van der Waals surface area contributed by atoms with Crippen molar-refractivity contribution < 1.29 is 34.0 Å². The number of aliphatic hydroxyl groups excluding tert-OH is 1. The van der Waals surface area contributed by atoms with E-state index >= 15 is 0 Å². The lowest BCUT2D eigenvalue weighted by Crippen LogP contribution is -2.15. The average molecular weight is 416 g/mol. The molecule has 0 aliphatic heterocycles. The molecule has 0 saturated carbocycles. The highest BCUT2D eigenvalue weighted by Crippen LogP contribution is 2.29. The Balaban J connectivity index is 1.82. The fraction of sp³-hybridized carbons (Fsp3) is 0.391. The minimum Gasteiger partial charge on any atom is -0.504 e. The fourth-order valence-corrected chi connectivity index (χ4v) is 3.07. The van der Waals surface area contributed by atoms with E-state index in [0.29, 0.717) is 42.9 Å². The lowest BCUT2D eigenvalue weighted by atomic mass is 10.00. The number of Topliss-reactive ketones (excluding diaryl/α,β-unsaturated/α-hetero) is 1. The third-order valence-corrected chi connectivity index (χ3v) is 4.65. The van der Waals surface area contributed by atoms with E-state index in [-0.39, 0.29) is 18.0 Å². The highest BCUT2D eigenvalue weighted by atomic mass is 16.6. The van der Waals surface area contributed by atoms with Gasteiger partial charge in [0.15, 0.2) is 23.0 Å². The Morgan fingerprint density at radius 3 is 2.23 bits per heavy atom. The fourth-order valence-electron chi connectivity index (χ4n) is 3.07. The molecule has 0 saturated heterocycles. The summed E-state index contributed by atoms with van der Waals surface area (Å²) < 4.78 is 15.4. The standard InChI is InChI=1S/C23H28O7/c1-15(24)30-21-11-7-17(13-23(21)29-3)5-9-19(26)14-18(25)8-4-16-6-10-20(27)22(12-16)28-2/h6-7,10-13,19,26-27H,4-5,8-9,14H2,1-3H3. The van der Waals surface area contributed by atoms with Crippen molar-refractivity contribution in [3.63, 3.8) is 0 Å². The lowest BCUT2D eigenvalue weighted by Gasteiger charge is -2.12. The highest BCUT2D eigenvalue weighted by Gasteiger charge is 2.13. The number of rotatable bonds is 11. The van der Waals surface area contributed by atoms with Crippen LogP contribution < -0.4 is 14.2 Å². The van der Waals surface area contributed by atoms with Gasteiger partial charge in [0.2, 0.25) is 0 Å². The van der Waals surface area contributed by atoms with Crippen LogP contribution in [0.15, 0.2) is 36.4 Å². The molecule has 0 spiro atoms. The zero-order chi connectivity index (χ0) is 22.1. The predicted molar refractivity (Wildman–Crippen MR) is 111 cm³/mol. The molecule has 0 fully saturated rings. The van der Waals surface area contributed by atoms with Crippen LogP contribution in [-0.4, -0.2) is 42.3 Å². The van der Waals surface area contributed by atoms with E-state index in [2.05, 4.69) is 0 Å². The van der Waals surface area contributed by atoms with Crippen LogP contribution in [0, 0.1) is 0 Å². The number of ether oxygens (including phenoxy) is 3. The average Bonchev–Trinajstić information content (AvgIpc) is 2.72. The number of carbonyl (C=O) groups excluding carboxylic acids is 2. The molecule has 0 heterocycles. The Morgan fingerprint density at radius 1 is 0.933 bits per heavy atom. The Bertz CT molecular complexity index is 876. The summed E-state index contributed by atoms with van der Waals surface area (Å²) in [7, 11) is 2.96. The molecule has 1 atom stereocenters. The highest BCUT2D eigenvalue weighted by molar-refractivity contribution is 5.79. The molecular weight excluding hydrogens is 388 g/mol. The van der Waals surface area contributed by atoms with Gasteiger partial charge in [-0.25, -0.2) is 0 Å². The Hall–Kier alpha value is -3.06. The van der Waals surface area contributed by atoms with Crippen molar-refractivity contribution in [2.45, 2.75) is 45.1 Å². The topological polar surface area (TPSA) is 102 Å². The van der Waals surface area contributed by atoms with Gasteiger partial charge in [-0.15, -0.1) is 0 Å². The molecule has 0 bridgehead atoms. The number of ketones is 1. The summed E-state index contributed by atoms with van der Waals surface area (Å²) in [5.74, 6) is 0.752. The van der Waals surface area contributed by atoms with Crippen molar-refractivity contribution in [1.29, 1.82) is 0 Å². The predicted octanol–water partition coefficient (Wildman–Crippen LogP) is 3.22. The zero-order valence-corrected chi connectivity index (χ0v) is 17.5. The van der Waals surface area contributed by atoms with Gasteiger partial charge >= 0.3 is 5.97 Å². The number of benzene rings is 2. The van der Waals surface area contributed by atoms with Crippen molar-refractivity contribution in [2.75, 3.05) is 14.2 Å². The van der Waals surface area contributed by atoms with E-state index in [1.807, 2.05) is 0 Å². The number of methoxy groups -OCH3 is 2. The first-order valence-electron chi connectivity index (χ1n) is 9.73. The molecule has 7 nitrogen and oxygen atoms in total. The number of aliphatic hydroxyl groups is 1. The Labute approximate surface area is 176 Å². The molecule has 0 aliphatic carbocycles. The van der Waals surface area contributed by atoms with Crippen LogP contribution in [0.1, 0.15) is 37.3 Å². The van der Waals surface area contributed by atoms with Gasteiger partial charge in [-0.05, 0) is 54.7 Å². The van der Waals surface area contributed by atoms with Gasteiger partial charge in [-0.1, -0.05) is 12.1 Å². The number of hydrogen-bond donors (Lipinski definition) is 2. The summed E-state index contributed by atoms with van der Waals surface area (Å²) in [6.07, 6.45) is 1.13. The summed E-state index contributed by atoms with van der Waals surface area (Å²) in [6.45, 7) is 1.32. The molecule has 0 aromatic heterocycles. The third-order valence-electron chi connectivity index (χ3n) is 4.65. The number of aromatic hydroxyl groups is 1. The van der Waals surface area contributed by atoms with Gasteiger partial charge in [0.1, 0.15) is 5.78 Å². The summed E-state index contributed by atoms with van der Waals surface area (Å²) in [4.78, 5) is 23.3. The molecular formula is C23H28O7. The normalized spacial score (nSPS) is 11.6. The molecule has 0 radical (unpaired) electrons. The number of phenols is 1. The molecule has 2 aromatic carbocycles. The summed E-state index contributed by atoms with van der Waals surface area (Å²) in [5.41, 5.74) is 1.79. The number of hydrogen-bond acceptors (Lipinski definition) is 7. The van der Waals surface area contributed by atoms with Gasteiger partial charge < -0.3 is 24.4 Å². The molecule has 7 heteroatoms. The number of esters is 1. The Kier molecular flexibility index (Phi) is 8.68. The summed E-state index contributed by atoms with van der Waals surface area (Å²) in [6, 6.07) is 10.2. The van der Waals surface area contributed by atoms with Crippen LogP contribution in [0.5, 0.6) is 23.0 Å². The largest absolute Gasteiger partial charge is 0.504 e. The van der Waals surface area contributed by atoms with Gasteiger partial charge in [0, 0.05) is 19.8 Å². The number of carbonyl (C=O) groups is 2. The molecule has 30 heavy (non-hydrogen) atoms. The van der Waals surface area contributed by atoms with E-state index in [1.54, 1.807) is 30.3 Å². The van der Waals surface area contributed by atoms with Crippen molar-refractivity contribution in [3.05, 3.63) is 47.5 Å². The van der Waals surface area contributed by atoms with E-state index < -0.39 is 12.1 Å². The van der Waals surface area contributed by atoms with Gasteiger partial charge in [0.25, 0.3) is 0 Å². The second-order valence-electron chi connectivity index (χ2n) is 7.02. The SMILES string of the molecule is COc1cc(CCC(=O)CC(O)CCc2ccc(OC(C)=O)c(OC)c2)ccc1O. The maximum absolute atomic E-state index is 12.2. The van der Waals surface area contributed by atoms with Crippen molar-refractivity contribution in [3.8, 4) is 23.0 Å². The minimum atomic E-state index is -0.744. The summed E-state index contributed by atoms with van der Waals surface area (Å²) in [5, 5.41) is 19.8. The monoisotopic (exact) mass is 416 g/mol. The maximum Gasteiger partial charge on any atom is 0.308 e. The van der Waals surface area contributed by atoms with E-state index in [1.165, 1.54) is 27.2 Å². The molecule has 162 valence electrons. The van der Waals surface area contributed by atoms with E-state index in [0.717, 1.165) is 11.1 Å². The molecule has 1 unspecified atom stereocenters. The van der Waals surface area contributed by atoms with Crippen LogP contribution >= 0.6 is 0 Å². The van der Waals surface area contributed by atoms with Crippen LogP contribution in [-0.2, 0) is 22.4 Å². The summed E-state index contributed by atoms with van der Waals surface area (Å²) >= 11 is 0. The maximum atomic E-state index is 12.2. The Morgan fingerprint density at radius 2 is 1.57 bits per heavy atom. The smallest absolute Gasteiger partial charge is 0.308 e. The zero-order valence-electron chi connectivity index (χ0n) is 17.5. The van der Waals surface area contributed by atoms with E-state index in [9.17, 15) is 19.8 Å². The molecule has 0 amide bonds. The third kappa shape index (κ3) is 7.08. The molecule has 2 N–H and O–H groups in total. The van der Waals surface area contributed by atoms with Crippen molar-refractivity contribution in [2.24, 2.45) is 0 Å². The minimum absolute atomic E-state index is 0.0303. The van der Waals surface area contributed by atoms with Crippen molar-refractivity contribution in [1.82, 2.24) is 0 Å². The van der Waals surface area contributed by atoms with Crippen LogP contribution in [0.4, 0.5) is 0 Å². The molecule has 0 aliphatic rings. The van der Waals surface area contributed by atoms with Crippen LogP contribution in [0.2, 0.25) is 0 Å². The van der Waals surface area contributed by atoms with Gasteiger partial charge in [0.05, 0.1) is 20.3 Å². The molecule has 2 aromatic rings. The second-order valence-corrected chi connectivity index (χ2v) is 7.02. The molecule has 2 rings (SSSR count). The van der Waals surface area contributed by atoms with Gasteiger partial charge in [-0.2, -0.15) is 0 Å². The second kappa shape index (κ2) is 11.2. The first-order valence-corrected chi connectivity index (χ1v) is 9.73. The quantitative estimate of drug-likeness (QED) is 0.428. The van der Waals surface area contributed by atoms with Gasteiger partial charge in [-0.3, -0.25) is 9.59 Å². The van der Waals surface area contributed by atoms with E-state index in [4.69, 9.17) is 14.2 Å². The lowest BCUT2D eigenvalue weighted by molar-refractivity contribution is -0.132. The van der Waals surface area contributed by atoms with Crippen LogP contribution in [0.3, 0.4) is 0 Å².